The third-order valence-electron chi connectivity index (χ3n) is 4.31. The van der Waals surface area contributed by atoms with Crippen LogP contribution in [0.15, 0.2) is 70.9 Å². The van der Waals surface area contributed by atoms with Crippen molar-refractivity contribution < 1.29 is 4.79 Å². The number of benzene rings is 2. The number of rotatable bonds is 6. The van der Waals surface area contributed by atoms with Gasteiger partial charge in [0.05, 0.1) is 5.71 Å². The van der Waals surface area contributed by atoms with Crippen LogP contribution in [0.2, 0.25) is 0 Å². The van der Waals surface area contributed by atoms with Gasteiger partial charge in [-0.15, -0.1) is 0 Å². The number of nitrogens with one attached hydrogen (secondary N) is 1. The summed E-state index contributed by atoms with van der Waals surface area (Å²) in [5, 5.41) is 3.30. The number of amidine groups is 1. The van der Waals surface area contributed by atoms with Gasteiger partial charge in [-0.1, -0.05) is 35.9 Å². The predicted molar refractivity (Wildman–Crippen MR) is 120 cm³/mol. The summed E-state index contributed by atoms with van der Waals surface area (Å²) < 4.78 is 0. The lowest BCUT2D eigenvalue weighted by atomic mass is 10.1. The van der Waals surface area contributed by atoms with Crippen molar-refractivity contribution in [2.24, 2.45) is 9.98 Å². The number of carbonyl (C=O) groups excluding carboxylic acids is 1. The first kappa shape index (κ1) is 21.0. The number of hydrogen-bond donors (Lipinski definition) is 1. The van der Waals surface area contributed by atoms with Gasteiger partial charge in [-0.25, -0.2) is 4.99 Å². The van der Waals surface area contributed by atoms with Crippen molar-refractivity contribution in [1.29, 1.82) is 0 Å². The molecule has 4 heteroatoms. The maximum absolute atomic E-state index is 11.0. The molecule has 0 atom stereocenters. The topological polar surface area (TPSA) is 53.8 Å². The number of anilines is 1. The Bertz CT molecular complexity index is 948. The van der Waals surface area contributed by atoms with E-state index in [9.17, 15) is 4.79 Å². The van der Waals surface area contributed by atoms with Crippen molar-refractivity contribution in [2.75, 3.05) is 5.32 Å². The molecule has 1 N–H and O–H groups in total. The molecular weight excluding hydrogens is 346 g/mol. The average molecular weight is 374 g/mol. The van der Waals surface area contributed by atoms with E-state index in [-0.39, 0.29) is 0 Å². The summed E-state index contributed by atoms with van der Waals surface area (Å²) in [6, 6.07) is 14.0. The standard InChI is InChI=1S/C24H27N3O/c1-6-13-25-24(27-23-12-11-22(16-28)18(3)14-23)20(5)26-15-19(4)21-9-7-17(2)8-10-21/h6-16H,1-5H3,(H,25,27)/b13-6-,19-15+,26-20+. The smallest absolute Gasteiger partial charge is 0.151 e. The Balaban J connectivity index is 2.27. The van der Waals surface area contributed by atoms with Gasteiger partial charge in [0, 0.05) is 23.7 Å². The Kier molecular flexibility index (Phi) is 7.64. The molecule has 0 aromatic heterocycles. The minimum absolute atomic E-state index is 0.657. The lowest BCUT2D eigenvalue weighted by Gasteiger charge is -2.10. The molecule has 28 heavy (non-hydrogen) atoms. The third kappa shape index (κ3) is 5.88. The van der Waals surface area contributed by atoms with Gasteiger partial charge >= 0.3 is 0 Å². The lowest BCUT2D eigenvalue weighted by Crippen LogP contribution is -2.20. The molecule has 0 bridgehead atoms. The number of nitrogens with zero attached hydrogens (tertiary/aromatic N) is 2. The monoisotopic (exact) mass is 373 g/mol. The van der Waals surface area contributed by atoms with E-state index < -0.39 is 0 Å². The van der Waals surface area contributed by atoms with Crippen LogP contribution in [0.5, 0.6) is 0 Å². The van der Waals surface area contributed by atoms with Gasteiger partial charge in [-0.2, -0.15) is 0 Å². The molecule has 0 saturated carbocycles. The second kappa shape index (κ2) is 10.2. The third-order valence-corrected chi connectivity index (χ3v) is 4.31. The van der Waals surface area contributed by atoms with Crippen LogP contribution in [-0.2, 0) is 0 Å². The summed E-state index contributed by atoms with van der Waals surface area (Å²) in [4.78, 5) is 20.1. The van der Waals surface area contributed by atoms with Crippen LogP contribution >= 0.6 is 0 Å². The van der Waals surface area contributed by atoms with E-state index in [1.165, 1.54) is 5.56 Å². The largest absolute Gasteiger partial charge is 0.339 e. The van der Waals surface area contributed by atoms with Crippen LogP contribution in [0.25, 0.3) is 5.57 Å². The summed E-state index contributed by atoms with van der Waals surface area (Å²) in [7, 11) is 0. The van der Waals surface area contributed by atoms with Gasteiger partial charge in [-0.05, 0) is 69.5 Å². The van der Waals surface area contributed by atoms with Gasteiger partial charge in [0.2, 0.25) is 0 Å². The van der Waals surface area contributed by atoms with E-state index in [0.717, 1.165) is 34.4 Å². The van der Waals surface area contributed by atoms with Gasteiger partial charge < -0.3 is 5.32 Å². The summed E-state index contributed by atoms with van der Waals surface area (Å²) >= 11 is 0. The Labute approximate surface area is 167 Å². The zero-order valence-electron chi connectivity index (χ0n) is 17.2. The molecule has 0 amide bonds. The number of aldehydes is 1. The van der Waals surface area contributed by atoms with Gasteiger partial charge in [0.15, 0.2) is 5.84 Å². The van der Waals surface area contributed by atoms with E-state index in [4.69, 9.17) is 0 Å². The molecule has 0 heterocycles. The van der Waals surface area contributed by atoms with Crippen LogP contribution in [0.4, 0.5) is 5.69 Å². The van der Waals surface area contributed by atoms with E-state index in [1.807, 2.05) is 52.1 Å². The number of aryl methyl sites for hydroxylation is 2. The molecule has 0 aliphatic carbocycles. The molecule has 144 valence electrons. The second-order valence-corrected chi connectivity index (χ2v) is 6.67. The summed E-state index contributed by atoms with van der Waals surface area (Å²) in [5.41, 5.74) is 6.67. The molecule has 0 saturated heterocycles. The maximum atomic E-state index is 11.0. The van der Waals surface area contributed by atoms with E-state index in [0.29, 0.717) is 11.4 Å². The Hall–Kier alpha value is -3.27. The first-order valence-corrected chi connectivity index (χ1v) is 9.25. The first-order chi connectivity index (χ1) is 13.4. The van der Waals surface area contributed by atoms with Crippen LogP contribution < -0.4 is 5.32 Å². The molecule has 2 rings (SSSR count). The fraction of sp³-hybridized carbons (Fsp3) is 0.208. The van der Waals surface area contributed by atoms with Gasteiger partial charge in [0.1, 0.15) is 6.29 Å². The lowest BCUT2D eigenvalue weighted by molar-refractivity contribution is 0.112. The quantitative estimate of drug-likeness (QED) is 0.384. The zero-order chi connectivity index (χ0) is 20.5. The van der Waals surface area contributed by atoms with Crippen LogP contribution in [0, 0.1) is 13.8 Å². The maximum Gasteiger partial charge on any atom is 0.151 e. The van der Waals surface area contributed by atoms with Crippen molar-refractivity contribution in [1.82, 2.24) is 0 Å². The van der Waals surface area contributed by atoms with Gasteiger partial charge in [-0.3, -0.25) is 9.79 Å². The zero-order valence-corrected chi connectivity index (χ0v) is 17.2. The molecule has 0 fully saturated rings. The summed E-state index contributed by atoms with van der Waals surface area (Å²) in [5.74, 6) is 0.657. The minimum Gasteiger partial charge on any atom is -0.339 e. The summed E-state index contributed by atoms with van der Waals surface area (Å²) in [6.45, 7) is 9.86. The molecular formula is C24H27N3O. The first-order valence-electron chi connectivity index (χ1n) is 9.25. The minimum atomic E-state index is 0.657. The fourth-order valence-electron chi connectivity index (χ4n) is 2.53. The Morgan fingerprint density at radius 2 is 1.71 bits per heavy atom. The SMILES string of the molecule is C\C=C/N=C(Nc1ccc(C=O)c(C)c1)\C(C)=N\C=C(/C)c1ccc(C)cc1. The normalized spacial score (nSPS) is 13.1. The van der Waals surface area contributed by atoms with Crippen LogP contribution in [-0.4, -0.2) is 17.8 Å². The van der Waals surface area contributed by atoms with Crippen molar-refractivity contribution in [2.45, 2.75) is 34.6 Å². The molecule has 0 aliphatic heterocycles. The Morgan fingerprint density at radius 1 is 1.00 bits per heavy atom. The summed E-state index contributed by atoms with van der Waals surface area (Å²) in [6.07, 6.45) is 6.31. The van der Waals surface area contributed by atoms with Crippen LogP contribution in [0.3, 0.4) is 0 Å². The molecule has 2 aromatic rings. The van der Waals surface area contributed by atoms with E-state index in [2.05, 4.69) is 46.5 Å². The highest BCUT2D eigenvalue weighted by Crippen LogP contribution is 2.16. The van der Waals surface area contributed by atoms with Crippen LogP contribution in [0.1, 0.15) is 47.8 Å². The molecule has 0 radical (unpaired) electrons. The number of carbonyl (C=O) groups is 1. The highest BCUT2D eigenvalue weighted by molar-refractivity contribution is 6.45. The Morgan fingerprint density at radius 3 is 2.32 bits per heavy atom. The van der Waals surface area contributed by atoms with Crippen molar-refractivity contribution in [3.63, 3.8) is 0 Å². The van der Waals surface area contributed by atoms with Crippen molar-refractivity contribution in [3.05, 3.63) is 83.2 Å². The van der Waals surface area contributed by atoms with Crippen molar-refractivity contribution in [3.8, 4) is 0 Å². The molecule has 4 nitrogen and oxygen atoms in total. The highest BCUT2D eigenvalue weighted by atomic mass is 16.1. The highest BCUT2D eigenvalue weighted by Gasteiger charge is 2.06. The number of allylic oxidation sites excluding steroid dienone is 2. The fourth-order valence-corrected chi connectivity index (χ4v) is 2.53. The van der Waals surface area contributed by atoms with Crippen molar-refractivity contribution >= 4 is 29.1 Å². The molecule has 0 aliphatic rings. The molecule has 0 spiro atoms. The number of aliphatic imine (C=N–C) groups is 2. The van der Waals surface area contributed by atoms with E-state index in [1.54, 1.807) is 12.3 Å². The predicted octanol–water partition coefficient (Wildman–Crippen LogP) is 5.98. The average Bonchev–Trinajstić information content (AvgIpc) is 2.69. The molecule has 0 unspecified atom stereocenters. The second-order valence-electron chi connectivity index (χ2n) is 6.67. The van der Waals surface area contributed by atoms with E-state index >= 15 is 0 Å². The molecule has 2 aromatic carbocycles. The number of hydrogen-bond acceptors (Lipinski definition) is 3. The van der Waals surface area contributed by atoms with Gasteiger partial charge in [0.25, 0.3) is 0 Å².